The molecule has 0 aliphatic rings. The smallest absolute Gasteiger partial charge is 0.132 e. The van der Waals surface area contributed by atoms with Crippen molar-refractivity contribution in [2.24, 2.45) is 0 Å². The van der Waals surface area contributed by atoms with Crippen LogP contribution in [0.2, 0.25) is 0 Å². The summed E-state index contributed by atoms with van der Waals surface area (Å²) in [6, 6.07) is 0. The van der Waals surface area contributed by atoms with E-state index in [9.17, 15) is 4.79 Å². The van der Waals surface area contributed by atoms with Gasteiger partial charge in [-0.25, -0.2) is 0 Å². The number of carbonyl (C=O) groups excluding carboxylic acids is 1. The molecular weight excluding hydrogens is 318 g/mol. The monoisotopic (exact) mass is 364 g/mol. The molecule has 0 aliphatic carbocycles. The minimum atomic E-state index is 0.444. The number of carbonyl (C=O) groups is 1. The van der Waals surface area contributed by atoms with Crippen LogP contribution in [0, 0.1) is 6.92 Å². The van der Waals surface area contributed by atoms with E-state index in [2.05, 4.69) is 31.3 Å². The summed E-state index contributed by atoms with van der Waals surface area (Å²) in [5.74, 6) is 0.444. The van der Waals surface area contributed by atoms with Gasteiger partial charge in [0.1, 0.15) is 5.78 Å². The third kappa shape index (κ3) is 21.4. The second-order valence-corrected chi connectivity index (χ2v) is 7.58. The molecule has 0 spiro atoms. The van der Waals surface area contributed by atoms with Crippen molar-refractivity contribution in [1.29, 1.82) is 0 Å². The van der Waals surface area contributed by atoms with E-state index in [0.29, 0.717) is 5.78 Å². The van der Waals surface area contributed by atoms with Gasteiger partial charge in [0.15, 0.2) is 0 Å². The van der Waals surface area contributed by atoms with E-state index in [1.807, 2.05) is 0 Å². The average molecular weight is 365 g/mol. The van der Waals surface area contributed by atoms with E-state index in [4.69, 9.17) is 0 Å². The number of nitrogens with one attached hydrogen (secondary N) is 1. The normalized spacial score (nSPS) is 11.5. The molecule has 0 rings (SSSR count). The second-order valence-electron chi connectivity index (χ2n) is 7.58. The van der Waals surface area contributed by atoms with E-state index in [0.717, 1.165) is 45.2 Å². The van der Waals surface area contributed by atoms with Gasteiger partial charge in [0.25, 0.3) is 0 Å². The molecule has 0 aromatic carbocycles. The fourth-order valence-corrected chi connectivity index (χ4v) is 3.18. The van der Waals surface area contributed by atoms with Crippen LogP contribution in [-0.4, -0.2) is 18.9 Å². The minimum absolute atomic E-state index is 0.444. The average Bonchev–Trinajstić information content (AvgIpc) is 2.64. The topological polar surface area (TPSA) is 29.1 Å². The third-order valence-electron chi connectivity index (χ3n) is 4.88. The molecule has 153 valence electrons. The molecule has 1 radical (unpaired) electrons. The fraction of sp³-hybridized carbons (Fsp3) is 0.833. The molecule has 0 heterocycles. The number of unbranched alkanes of at least 4 members (excludes halogenated alkanes) is 11. The van der Waals surface area contributed by atoms with Gasteiger partial charge in [-0.2, -0.15) is 0 Å². The number of hydrogen-bond donors (Lipinski definition) is 1. The Morgan fingerprint density at radius 2 is 1.27 bits per heavy atom. The second kappa shape index (κ2) is 22.4. The van der Waals surface area contributed by atoms with Crippen LogP contribution >= 0.6 is 0 Å². The van der Waals surface area contributed by atoms with Crippen molar-refractivity contribution < 1.29 is 4.79 Å². The molecule has 0 saturated heterocycles. The maximum Gasteiger partial charge on any atom is 0.132 e. The Labute approximate surface area is 164 Å². The van der Waals surface area contributed by atoms with Crippen molar-refractivity contribution in [3.8, 4) is 0 Å². The first-order valence-electron chi connectivity index (χ1n) is 11.5. The quantitative estimate of drug-likeness (QED) is 0.172. The summed E-state index contributed by atoms with van der Waals surface area (Å²) < 4.78 is 0. The molecule has 1 N–H and O–H groups in total. The maximum atomic E-state index is 11.8. The molecule has 0 fully saturated rings. The van der Waals surface area contributed by atoms with Gasteiger partial charge in [0.2, 0.25) is 0 Å². The lowest BCUT2D eigenvalue weighted by Gasteiger charge is -2.03. The van der Waals surface area contributed by atoms with Crippen molar-refractivity contribution in [3.63, 3.8) is 0 Å². The Morgan fingerprint density at radius 3 is 1.88 bits per heavy atom. The van der Waals surface area contributed by atoms with Crippen LogP contribution in [0.25, 0.3) is 0 Å². The van der Waals surface area contributed by atoms with Crippen molar-refractivity contribution in [2.45, 2.75) is 116 Å². The Balaban J connectivity index is 3.18. The lowest BCUT2D eigenvalue weighted by molar-refractivity contribution is -0.119. The molecule has 2 nitrogen and oxygen atoms in total. The van der Waals surface area contributed by atoms with Gasteiger partial charge in [-0.05, 0) is 58.0 Å². The molecule has 0 bridgehead atoms. The van der Waals surface area contributed by atoms with Gasteiger partial charge >= 0.3 is 0 Å². The van der Waals surface area contributed by atoms with E-state index in [-0.39, 0.29) is 0 Å². The first-order chi connectivity index (χ1) is 12.8. The molecule has 0 aromatic rings. The van der Waals surface area contributed by atoms with Crippen LogP contribution in [0.4, 0.5) is 0 Å². The van der Waals surface area contributed by atoms with E-state index in [1.54, 1.807) is 0 Å². The Hall–Kier alpha value is -0.630. The van der Waals surface area contributed by atoms with Gasteiger partial charge in [0.05, 0.1) is 0 Å². The summed E-state index contributed by atoms with van der Waals surface area (Å²) in [4.78, 5) is 11.8. The zero-order chi connectivity index (χ0) is 19.1. The predicted octanol–water partition coefficient (Wildman–Crippen LogP) is 7.19. The highest BCUT2D eigenvalue weighted by molar-refractivity contribution is 5.78. The number of hydrogen-bond acceptors (Lipinski definition) is 2. The molecule has 0 aromatic heterocycles. The van der Waals surface area contributed by atoms with Gasteiger partial charge in [-0.15, -0.1) is 0 Å². The van der Waals surface area contributed by atoms with Crippen LogP contribution < -0.4 is 5.32 Å². The molecule has 0 unspecified atom stereocenters. The van der Waals surface area contributed by atoms with Gasteiger partial charge in [-0.1, -0.05) is 77.4 Å². The molecule has 2 heteroatoms. The summed E-state index contributed by atoms with van der Waals surface area (Å²) in [5.41, 5.74) is 0. The molecule has 0 saturated carbocycles. The summed E-state index contributed by atoms with van der Waals surface area (Å²) in [5, 5.41) is 3.29. The Kier molecular flexibility index (Phi) is 21.9. The van der Waals surface area contributed by atoms with Gasteiger partial charge < -0.3 is 5.32 Å². The van der Waals surface area contributed by atoms with Crippen LogP contribution in [0.15, 0.2) is 12.2 Å². The molecule has 26 heavy (non-hydrogen) atoms. The minimum Gasteiger partial charge on any atom is -0.317 e. The molecule has 0 aliphatic heterocycles. The first kappa shape index (κ1) is 25.4. The van der Waals surface area contributed by atoms with E-state index >= 15 is 0 Å². The van der Waals surface area contributed by atoms with E-state index < -0.39 is 0 Å². The van der Waals surface area contributed by atoms with Crippen molar-refractivity contribution in [3.05, 3.63) is 19.1 Å². The number of rotatable bonds is 21. The van der Waals surface area contributed by atoms with E-state index in [1.165, 1.54) is 77.0 Å². The predicted molar refractivity (Wildman–Crippen MR) is 117 cm³/mol. The van der Waals surface area contributed by atoms with Crippen molar-refractivity contribution in [2.75, 3.05) is 13.1 Å². The number of ketones is 1. The Bertz CT molecular complexity index is 311. The Morgan fingerprint density at radius 1 is 0.731 bits per heavy atom. The number of allylic oxidation sites excluding steroid dienone is 2. The van der Waals surface area contributed by atoms with Crippen LogP contribution in [0.5, 0.6) is 0 Å². The van der Waals surface area contributed by atoms with Crippen molar-refractivity contribution in [1.82, 2.24) is 5.32 Å². The summed E-state index contributed by atoms with van der Waals surface area (Å²) in [7, 11) is 0. The SMILES string of the molecule is [CH2]CCNCCCC(=O)CCCCCCC/C=C\CCCCCCCC. The lowest BCUT2D eigenvalue weighted by Crippen LogP contribution is -2.16. The van der Waals surface area contributed by atoms with Crippen molar-refractivity contribution >= 4 is 5.78 Å². The summed E-state index contributed by atoms with van der Waals surface area (Å²) in [6.45, 7) is 7.98. The zero-order valence-electron chi connectivity index (χ0n) is 17.7. The third-order valence-corrected chi connectivity index (χ3v) is 4.88. The maximum absolute atomic E-state index is 11.8. The summed E-state index contributed by atoms with van der Waals surface area (Å²) in [6.07, 6.45) is 25.2. The molecular formula is C24H46NO. The lowest BCUT2D eigenvalue weighted by atomic mass is 10.0. The fourth-order valence-electron chi connectivity index (χ4n) is 3.18. The van der Waals surface area contributed by atoms with Crippen LogP contribution in [0.1, 0.15) is 116 Å². The molecule has 0 atom stereocenters. The largest absolute Gasteiger partial charge is 0.317 e. The van der Waals surface area contributed by atoms with Gasteiger partial charge in [0, 0.05) is 12.8 Å². The van der Waals surface area contributed by atoms with Crippen LogP contribution in [-0.2, 0) is 4.79 Å². The highest BCUT2D eigenvalue weighted by atomic mass is 16.1. The number of Topliss-reactive ketones (excluding diaryl/α,β-unsaturated/α-hetero) is 1. The molecule has 0 amide bonds. The first-order valence-corrected chi connectivity index (χ1v) is 11.5. The highest BCUT2D eigenvalue weighted by Gasteiger charge is 2.01. The highest BCUT2D eigenvalue weighted by Crippen LogP contribution is 2.10. The zero-order valence-corrected chi connectivity index (χ0v) is 17.7. The van der Waals surface area contributed by atoms with Gasteiger partial charge in [-0.3, -0.25) is 4.79 Å². The van der Waals surface area contributed by atoms with Crippen LogP contribution in [0.3, 0.4) is 0 Å². The summed E-state index contributed by atoms with van der Waals surface area (Å²) >= 11 is 0. The standard InChI is InChI=1S/C24H46NO/c1-3-5-6-7-8-9-10-11-12-13-14-15-16-17-18-20-24(26)21-19-23-25-22-4-2/h11-12,25H,2-10,13-23H2,1H3/b12-11-.